The van der Waals surface area contributed by atoms with Gasteiger partial charge in [0.05, 0.1) is 30.5 Å². The van der Waals surface area contributed by atoms with Crippen LogP contribution in [0.1, 0.15) is 11.1 Å². The Bertz CT molecular complexity index is 2700. The Morgan fingerprint density at radius 2 is 1.26 bits per heavy atom. The molecule has 0 radical (unpaired) electrons. The number of benzene rings is 3. The summed E-state index contributed by atoms with van der Waals surface area (Å²) in [6.07, 6.45) is 7.67. The standard InChI is InChI=1S/C16H12FN3OS.C8H7FO2.C8H7N3S.C7H7N3O2S/c17-13-4-2-1-3-12(13)9-15(21)20-16-19-14(10-22-16)11-5-7-18-8-6-11;9-7-4-2-1-3-6(7)5-8(10)11;9-8-11-7(5-12-8)6-1-3-10-4-2-6;1-13(11,12)10-7-5-3-2-4-6(7)8-9-10/h1-8,10H,9H2,(H,19,20,21);1-4H,5H2,(H,10,11);1-5H,(H2,9,11);2-5H,1H3. The minimum atomic E-state index is -3.34. The molecular weight excluding hydrogens is 809 g/mol. The summed E-state index contributed by atoms with van der Waals surface area (Å²) in [4.78, 5) is 38.5. The van der Waals surface area contributed by atoms with Gasteiger partial charge in [-0.2, -0.15) is 0 Å². The van der Waals surface area contributed by atoms with Gasteiger partial charge in [0.1, 0.15) is 22.7 Å². The smallest absolute Gasteiger partial charge is 0.307 e. The Hall–Kier alpha value is -6.83. The van der Waals surface area contributed by atoms with Gasteiger partial charge in [-0.3, -0.25) is 19.6 Å². The second kappa shape index (κ2) is 20.4. The molecule has 296 valence electrons. The molecule has 0 fully saturated rings. The second-order valence-electron chi connectivity index (χ2n) is 11.7. The number of amides is 1. The first-order chi connectivity index (χ1) is 27.9. The third kappa shape index (κ3) is 12.6. The predicted octanol–water partition coefficient (Wildman–Crippen LogP) is 7.00. The van der Waals surface area contributed by atoms with Crippen LogP contribution in [0, 0.1) is 11.6 Å². The number of nitrogens with one attached hydrogen (secondary N) is 1. The highest BCUT2D eigenvalue weighted by atomic mass is 32.2. The fourth-order valence-electron chi connectivity index (χ4n) is 4.80. The monoisotopic (exact) mass is 841 g/mol. The van der Waals surface area contributed by atoms with Crippen LogP contribution in [0.2, 0.25) is 0 Å². The number of pyridine rings is 2. The summed E-state index contributed by atoms with van der Waals surface area (Å²) in [7, 11) is -3.34. The van der Waals surface area contributed by atoms with Gasteiger partial charge in [-0.05, 0) is 59.7 Å². The number of anilines is 2. The Balaban J connectivity index is 0.000000154. The molecule has 0 saturated heterocycles. The number of hydrogen-bond donors (Lipinski definition) is 3. The predicted molar refractivity (Wildman–Crippen MR) is 219 cm³/mol. The summed E-state index contributed by atoms with van der Waals surface area (Å²) in [6.45, 7) is 0. The van der Waals surface area contributed by atoms with Crippen LogP contribution in [0.25, 0.3) is 33.5 Å². The van der Waals surface area contributed by atoms with Gasteiger partial charge in [0, 0.05) is 46.7 Å². The number of fused-ring (bicyclic) bond motifs is 1. The zero-order valence-electron chi connectivity index (χ0n) is 30.4. The van der Waals surface area contributed by atoms with Crippen molar-refractivity contribution in [3.63, 3.8) is 0 Å². The molecule has 0 unspecified atom stereocenters. The Labute approximate surface area is 338 Å². The number of halogens is 2. The van der Waals surface area contributed by atoms with Crippen molar-refractivity contribution < 1.29 is 31.9 Å². The van der Waals surface area contributed by atoms with Crippen molar-refractivity contribution in [2.24, 2.45) is 0 Å². The topological polar surface area (TPSA) is 209 Å². The van der Waals surface area contributed by atoms with Gasteiger partial charge in [0.15, 0.2) is 10.3 Å². The Morgan fingerprint density at radius 1 is 0.741 bits per heavy atom. The van der Waals surface area contributed by atoms with E-state index in [1.54, 1.807) is 73.3 Å². The van der Waals surface area contributed by atoms with Crippen LogP contribution in [0.15, 0.2) is 133 Å². The molecule has 0 aliphatic carbocycles. The molecular formula is C39H33F2N9O5S3. The van der Waals surface area contributed by atoms with Gasteiger partial charge in [-0.15, -0.1) is 31.9 Å². The van der Waals surface area contributed by atoms with Crippen molar-refractivity contribution in [1.29, 1.82) is 0 Å². The lowest BCUT2D eigenvalue weighted by Gasteiger charge is -2.03. The van der Waals surface area contributed by atoms with E-state index >= 15 is 0 Å². The minimum absolute atomic E-state index is 0.0170. The highest BCUT2D eigenvalue weighted by Gasteiger charge is 2.12. The molecule has 4 N–H and O–H groups in total. The Morgan fingerprint density at radius 3 is 1.79 bits per heavy atom. The summed E-state index contributed by atoms with van der Waals surface area (Å²) >= 11 is 2.78. The van der Waals surface area contributed by atoms with E-state index in [0.29, 0.717) is 26.9 Å². The van der Waals surface area contributed by atoms with Crippen molar-refractivity contribution in [3.8, 4) is 22.5 Å². The van der Waals surface area contributed by atoms with Crippen LogP contribution >= 0.6 is 22.7 Å². The first-order valence-electron chi connectivity index (χ1n) is 16.8. The van der Waals surface area contributed by atoms with E-state index < -0.39 is 21.8 Å². The molecule has 0 bridgehead atoms. The Kier molecular flexibility index (Phi) is 14.9. The molecule has 14 nitrogen and oxygen atoms in total. The van der Waals surface area contributed by atoms with Crippen LogP contribution in [-0.4, -0.2) is 66.0 Å². The fourth-order valence-corrected chi connectivity index (χ4v) is 6.79. The first-order valence-corrected chi connectivity index (χ1v) is 20.4. The largest absolute Gasteiger partial charge is 0.481 e. The SMILES string of the molecule is CS(=O)(=O)n1nnc2ccccc21.Nc1nc(-c2ccncc2)cs1.O=C(Cc1ccccc1F)Nc1nc(-c2ccncc2)cs1.O=C(O)Cc1ccccc1F. The number of aromatic nitrogens is 7. The summed E-state index contributed by atoms with van der Waals surface area (Å²) in [5.74, 6) is -2.15. The molecule has 3 aromatic carbocycles. The lowest BCUT2D eigenvalue weighted by Crippen LogP contribution is -2.15. The molecule has 8 aromatic rings. The van der Waals surface area contributed by atoms with Gasteiger partial charge >= 0.3 is 5.97 Å². The third-order valence-electron chi connectivity index (χ3n) is 7.47. The summed E-state index contributed by atoms with van der Waals surface area (Å²) < 4.78 is 49.5. The van der Waals surface area contributed by atoms with Gasteiger partial charge in [-0.1, -0.05) is 53.7 Å². The number of rotatable bonds is 8. The van der Waals surface area contributed by atoms with Crippen molar-refractivity contribution in [1.82, 2.24) is 34.3 Å². The maximum absolute atomic E-state index is 13.5. The van der Waals surface area contributed by atoms with Gasteiger partial charge in [0.25, 0.3) is 10.0 Å². The number of nitrogens with two attached hydrogens (primary N) is 1. The van der Waals surface area contributed by atoms with E-state index in [4.69, 9.17) is 10.8 Å². The molecule has 8 rings (SSSR count). The molecule has 5 aromatic heterocycles. The van der Waals surface area contributed by atoms with Gasteiger partial charge < -0.3 is 16.2 Å². The molecule has 58 heavy (non-hydrogen) atoms. The quantitative estimate of drug-likeness (QED) is 0.141. The van der Waals surface area contributed by atoms with Crippen molar-refractivity contribution in [3.05, 3.63) is 155 Å². The number of nitrogen functional groups attached to an aromatic ring is 1. The molecule has 5 heterocycles. The molecule has 1 amide bonds. The van der Waals surface area contributed by atoms with Crippen molar-refractivity contribution >= 4 is 65.9 Å². The number of carboxylic acids is 1. The van der Waals surface area contributed by atoms with Crippen molar-refractivity contribution in [2.45, 2.75) is 12.8 Å². The van der Waals surface area contributed by atoms with Crippen LogP contribution in [0.3, 0.4) is 0 Å². The van der Waals surface area contributed by atoms with Gasteiger partial charge in [-0.25, -0.2) is 27.2 Å². The minimum Gasteiger partial charge on any atom is -0.481 e. The maximum atomic E-state index is 13.5. The zero-order valence-corrected chi connectivity index (χ0v) is 32.8. The highest BCUT2D eigenvalue weighted by molar-refractivity contribution is 7.89. The lowest BCUT2D eigenvalue weighted by atomic mass is 10.1. The number of carbonyl (C=O) groups excluding carboxylic acids is 1. The van der Waals surface area contributed by atoms with E-state index in [-0.39, 0.29) is 30.1 Å². The normalized spacial score (nSPS) is 10.5. The average Bonchev–Trinajstić information content (AvgIpc) is 3.98. The zero-order chi connectivity index (χ0) is 41.5. The molecule has 19 heteroatoms. The van der Waals surface area contributed by atoms with E-state index in [1.807, 2.05) is 35.0 Å². The van der Waals surface area contributed by atoms with E-state index in [0.717, 1.165) is 32.9 Å². The van der Waals surface area contributed by atoms with Crippen LogP contribution in [0.5, 0.6) is 0 Å². The number of carboxylic acid groups (broad SMARTS) is 1. The molecule has 0 saturated carbocycles. The summed E-state index contributed by atoms with van der Waals surface area (Å²) in [5, 5.41) is 23.2. The lowest BCUT2D eigenvalue weighted by molar-refractivity contribution is -0.136. The van der Waals surface area contributed by atoms with E-state index in [2.05, 4.69) is 35.6 Å². The number of thiazole rings is 2. The number of aliphatic carboxylic acids is 1. The molecule has 0 aliphatic rings. The second-order valence-corrected chi connectivity index (χ2v) is 15.3. The fraction of sp³-hybridized carbons (Fsp3) is 0.0769. The summed E-state index contributed by atoms with van der Waals surface area (Å²) in [5.41, 5.74) is 10.9. The van der Waals surface area contributed by atoms with Crippen LogP contribution in [0.4, 0.5) is 19.0 Å². The highest BCUT2D eigenvalue weighted by Crippen LogP contribution is 2.25. The number of para-hydroxylation sites is 1. The summed E-state index contributed by atoms with van der Waals surface area (Å²) in [6, 6.07) is 26.5. The number of nitrogens with zero attached hydrogens (tertiary/aromatic N) is 7. The third-order valence-corrected chi connectivity index (χ3v) is 9.80. The van der Waals surface area contributed by atoms with Crippen LogP contribution in [-0.2, 0) is 32.5 Å². The maximum Gasteiger partial charge on any atom is 0.307 e. The number of carbonyl (C=O) groups is 2. The number of hydrogen-bond acceptors (Lipinski definition) is 13. The molecule has 0 aliphatic heterocycles. The van der Waals surface area contributed by atoms with Crippen molar-refractivity contribution in [2.75, 3.05) is 17.3 Å². The van der Waals surface area contributed by atoms with Gasteiger partial charge in [0.2, 0.25) is 5.91 Å². The first kappa shape index (κ1) is 42.3. The molecule has 0 atom stereocenters. The van der Waals surface area contributed by atoms with E-state index in [1.165, 1.54) is 46.9 Å². The molecule has 0 spiro atoms. The van der Waals surface area contributed by atoms with Crippen LogP contribution < -0.4 is 11.1 Å². The van der Waals surface area contributed by atoms with E-state index in [9.17, 15) is 26.8 Å². The average molecular weight is 842 g/mol.